The number of methoxy groups -OCH3 is 1. The Bertz CT molecular complexity index is 656. The lowest BCUT2D eigenvalue weighted by molar-refractivity contribution is -0.0177. The predicted molar refractivity (Wildman–Crippen MR) is 77.8 cm³/mol. The van der Waals surface area contributed by atoms with Crippen molar-refractivity contribution in [2.45, 2.75) is 36.5 Å². The van der Waals surface area contributed by atoms with Crippen LogP contribution >= 0.6 is 0 Å². The third-order valence-electron chi connectivity index (χ3n) is 5.88. The Balaban J connectivity index is 1.84. The van der Waals surface area contributed by atoms with Gasteiger partial charge in [-0.1, -0.05) is 18.2 Å². The van der Waals surface area contributed by atoms with E-state index in [1.54, 1.807) is 7.11 Å². The molecule has 21 heavy (non-hydrogen) atoms. The minimum Gasteiger partial charge on any atom is -0.493 e. The first-order valence-corrected chi connectivity index (χ1v) is 7.72. The SMILES string of the molecule is COc1ccc2c3c1O[C@H]1[C@H](O)C=C[C@@H]4[C@@H](C2)NCC[C@@]341. The van der Waals surface area contributed by atoms with Crippen LogP contribution in [0.2, 0.25) is 0 Å². The van der Waals surface area contributed by atoms with Gasteiger partial charge in [-0.05, 0) is 31.0 Å². The van der Waals surface area contributed by atoms with E-state index in [0.29, 0.717) is 12.0 Å². The van der Waals surface area contributed by atoms with Gasteiger partial charge in [0.25, 0.3) is 0 Å². The maximum Gasteiger partial charge on any atom is 0.165 e. The highest BCUT2D eigenvalue weighted by Gasteiger charge is 2.63. The number of benzene rings is 1. The fourth-order valence-corrected chi connectivity index (χ4v) is 5.13. The Morgan fingerprint density at radius 3 is 3.14 bits per heavy atom. The van der Waals surface area contributed by atoms with Gasteiger partial charge < -0.3 is 19.9 Å². The molecule has 0 radical (unpaired) electrons. The van der Waals surface area contributed by atoms with Crippen LogP contribution in [0.3, 0.4) is 0 Å². The van der Waals surface area contributed by atoms with E-state index in [9.17, 15) is 5.11 Å². The number of aliphatic hydroxyl groups excluding tert-OH is 1. The molecule has 0 amide bonds. The molecule has 5 rings (SSSR count). The molecule has 2 bridgehead atoms. The second-order valence-corrected chi connectivity index (χ2v) is 6.63. The normalized spacial score (nSPS) is 41.4. The molecule has 4 aliphatic rings. The third kappa shape index (κ3) is 1.25. The van der Waals surface area contributed by atoms with Crippen LogP contribution < -0.4 is 14.8 Å². The van der Waals surface area contributed by atoms with E-state index in [-0.39, 0.29) is 11.5 Å². The molecule has 4 nitrogen and oxygen atoms in total. The molecule has 1 aromatic carbocycles. The smallest absolute Gasteiger partial charge is 0.165 e. The van der Waals surface area contributed by atoms with Gasteiger partial charge in [-0.3, -0.25) is 0 Å². The summed E-state index contributed by atoms with van der Waals surface area (Å²) in [5.41, 5.74) is 2.57. The average Bonchev–Trinajstić information content (AvgIpc) is 2.83. The molecule has 2 aliphatic heterocycles. The largest absolute Gasteiger partial charge is 0.493 e. The van der Waals surface area contributed by atoms with Crippen molar-refractivity contribution >= 4 is 0 Å². The number of piperidine rings is 1. The summed E-state index contributed by atoms with van der Waals surface area (Å²) in [7, 11) is 1.68. The molecule has 1 spiro atoms. The molecule has 110 valence electrons. The Morgan fingerprint density at radius 1 is 1.38 bits per heavy atom. The van der Waals surface area contributed by atoms with Gasteiger partial charge in [0.1, 0.15) is 12.2 Å². The summed E-state index contributed by atoms with van der Waals surface area (Å²) in [6.45, 7) is 0.984. The molecule has 0 saturated carbocycles. The summed E-state index contributed by atoms with van der Waals surface area (Å²) in [6, 6.07) is 4.62. The van der Waals surface area contributed by atoms with Crippen LogP contribution in [0.15, 0.2) is 24.3 Å². The Morgan fingerprint density at radius 2 is 2.29 bits per heavy atom. The van der Waals surface area contributed by atoms with Crippen LogP contribution in [0.4, 0.5) is 0 Å². The zero-order chi connectivity index (χ0) is 14.2. The van der Waals surface area contributed by atoms with Crippen molar-refractivity contribution in [3.05, 3.63) is 35.4 Å². The van der Waals surface area contributed by atoms with Crippen LogP contribution in [-0.4, -0.2) is 37.0 Å². The second-order valence-electron chi connectivity index (χ2n) is 6.63. The first-order chi connectivity index (χ1) is 10.3. The van der Waals surface area contributed by atoms with Gasteiger partial charge in [0, 0.05) is 22.9 Å². The van der Waals surface area contributed by atoms with Gasteiger partial charge in [-0.15, -0.1) is 0 Å². The standard InChI is InChI=1S/C17H19NO3/c1-20-13-5-2-9-8-11-10-3-4-12(19)16-17(10,6-7-18-11)14(9)15(13)21-16/h2-5,10-12,16,18-19H,6-8H2,1H3/t10-,11-,12-,16+,17+/m1/s1. The number of ether oxygens (including phenoxy) is 2. The molecular formula is C17H19NO3. The number of rotatable bonds is 1. The fraction of sp³-hybridized carbons (Fsp3) is 0.529. The molecule has 1 fully saturated rings. The topological polar surface area (TPSA) is 50.7 Å². The van der Waals surface area contributed by atoms with Crippen molar-refractivity contribution in [2.75, 3.05) is 13.7 Å². The summed E-state index contributed by atoms with van der Waals surface area (Å²) < 4.78 is 11.8. The van der Waals surface area contributed by atoms with E-state index in [0.717, 1.165) is 30.9 Å². The van der Waals surface area contributed by atoms with Crippen LogP contribution in [0.25, 0.3) is 0 Å². The fourth-order valence-electron chi connectivity index (χ4n) is 5.13. The van der Waals surface area contributed by atoms with Gasteiger partial charge in [0.15, 0.2) is 11.5 Å². The quantitative estimate of drug-likeness (QED) is 0.760. The lowest BCUT2D eigenvalue weighted by Gasteiger charge is -2.53. The van der Waals surface area contributed by atoms with Gasteiger partial charge in [0.2, 0.25) is 0 Å². The van der Waals surface area contributed by atoms with Gasteiger partial charge >= 0.3 is 0 Å². The molecule has 0 aromatic heterocycles. The van der Waals surface area contributed by atoms with Gasteiger partial charge in [-0.2, -0.15) is 0 Å². The van der Waals surface area contributed by atoms with Crippen LogP contribution in [0.1, 0.15) is 17.5 Å². The lowest BCUT2D eigenvalue weighted by atomic mass is 9.54. The monoisotopic (exact) mass is 285 g/mol. The number of hydrogen-bond acceptors (Lipinski definition) is 4. The highest BCUT2D eigenvalue weighted by molar-refractivity contribution is 5.62. The number of aliphatic hydroxyl groups is 1. The molecular weight excluding hydrogens is 266 g/mol. The van der Waals surface area contributed by atoms with E-state index >= 15 is 0 Å². The van der Waals surface area contributed by atoms with Crippen LogP contribution in [0.5, 0.6) is 11.5 Å². The average molecular weight is 285 g/mol. The Hall–Kier alpha value is -1.52. The molecule has 4 heteroatoms. The molecule has 2 aliphatic carbocycles. The van der Waals surface area contributed by atoms with Crippen molar-refractivity contribution < 1.29 is 14.6 Å². The first-order valence-electron chi connectivity index (χ1n) is 7.72. The van der Waals surface area contributed by atoms with E-state index < -0.39 is 6.10 Å². The molecule has 1 aromatic rings. The summed E-state index contributed by atoms with van der Waals surface area (Å²) in [4.78, 5) is 0. The van der Waals surface area contributed by atoms with Crippen molar-refractivity contribution in [3.8, 4) is 11.5 Å². The maximum atomic E-state index is 10.5. The first kappa shape index (κ1) is 12.1. The second kappa shape index (κ2) is 3.81. The van der Waals surface area contributed by atoms with Crippen molar-refractivity contribution in [1.82, 2.24) is 5.32 Å². The Labute approximate surface area is 123 Å². The molecule has 0 unspecified atom stereocenters. The summed E-state index contributed by atoms with van der Waals surface area (Å²) in [5, 5.41) is 14.1. The van der Waals surface area contributed by atoms with Crippen LogP contribution in [0, 0.1) is 5.92 Å². The lowest BCUT2D eigenvalue weighted by Crippen LogP contribution is -2.64. The summed E-state index contributed by atoms with van der Waals surface area (Å²) in [6.07, 6.45) is 5.43. The van der Waals surface area contributed by atoms with Crippen molar-refractivity contribution in [3.63, 3.8) is 0 Å². The van der Waals surface area contributed by atoms with Crippen LogP contribution in [-0.2, 0) is 11.8 Å². The third-order valence-corrected chi connectivity index (χ3v) is 5.88. The van der Waals surface area contributed by atoms with E-state index in [4.69, 9.17) is 9.47 Å². The minimum absolute atomic E-state index is 0.0818. The number of nitrogens with one attached hydrogen (secondary N) is 1. The maximum absolute atomic E-state index is 10.5. The molecule has 2 N–H and O–H groups in total. The summed E-state index contributed by atoms with van der Waals surface area (Å²) >= 11 is 0. The summed E-state index contributed by atoms with van der Waals surface area (Å²) in [5.74, 6) is 2.06. The molecule has 1 saturated heterocycles. The Kier molecular flexibility index (Phi) is 2.19. The highest BCUT2D eigenvalue weighted by atomic mass is 16.5. The zero-order valence-electron chi connectivity index (χ0n) is 12.0. The van der Waals surface area contributed by atoms with Gasteiger partial charge in [-0.25, -0.2) is 0 Å². The van der Waals surface area contributed by atoms with E-state index in [2.05, 4.69) is 17.5 Å². The predicted octanol–water partition coefficient (Wildman–Crippen LogP) is 1.16. The zero-order valence-corrected chi connectivity index (χ0v) is 12.0. The van der Waals surface area contributed by atoms with E-state index in [1.807, 2.05) is 12.1 Å². The van der Waals surface area contributed by atoms with E-state index in [1.165, 1.54) is 11.1 Å². The van der Waals surface area contributed by atoms with Crippen molar-refractivity contribution in [2.24, 2.45) is 5.92 Å². The molecule has 5 atom stereocenters. The molecule has 2 heterocycles. The highest BCUT2D eigenvalue weighted by Crippen LogP contribution is 2.61. The van der Waals surface area contributed by atoms with Crippen molar-refractivity contribution in [1.29, 1.82) is 0 Å². The number of hydrogen-bond donors (Lipinski definition) is 2. The van der Waals surface area contributed by atoms with Gasteiger partial charge in [0.05, 0.1) is 7.11 Å². The minimum atomic E-state index is -0.539.